The van der Waals surface area contributed by atoms with E-state index < -0.39 is 0 Å². The molecule has 0 radical (unpaired) electrons. The minimum atomic E-state index is 0.652. The van der Waals surface area contributed by atoms with Gasteiger partial charge in [0.2, 0.25) is 0 Å². The molecule has 0 unspecified atom stereocenters. The van der Waals surface area contributed by atoms with Gasteiger partial charge in [0, 0.05) is 38.1 Å². The van der Waals surface area contributed by atoms with Gasteiger partial charge in [-0.1, -0.05) is 11.6 Å². The average Bonchev–Trinajstić information content (AvgIpc) is 2.67. The monoisotopic (exact) mass is 353 g/mol. The molecule has 0 N–H and O–H groups in total. The number of nitriles is 1. The Morgan fingerprint density at radius 3 is 2.52 bits per heavy atom. The fraction of sp³-hybridized carbons (Fsp3) is 0.421. The van der Waals surface area contributed by atoms with E-state index in [4.69, 9.17) is 16.6 Å². The van der Waals surface area contributed by atoms with E-state index in [2.05, 4.69) is 26.9 Å². The molecule has 2 aromatic rings. The van der Waals surface area contributed by atoms with Gasteiger partial charge >= 0.3 is 0 Å². The van der Waals surface area contributed by atoms with Crippen molar-refractivity contribution in [3.63, 3.8) is 0 Å². The van der Waals surface area contributed by atoms with Crippen molar-refractivity contribution in [2.75, 3.05) is 36.0 Å². The lowest BCUT2D eigenvalue weighted by Crippen LogP contribution is -2.47. The topological polar surface area (TPSA) is 56.1 Å². The number of aromatic nitrogens is 2. The highest BCUT2D eigenvalue weighted by Crippen LogP contribution is 2.27. The molecule has 1 aliphatic carbocycles. The van der Waals surface area contributed by atoms with Crippen molar-refractivity contribution in [3.8, 4) is 6.07 Å². The molecule has 6 heteroatoms. The van der Waals surface area contributed by atoms with Crippen molar-refractivity contribution >= 4 is 23.2 Å². The van der Waals surface area contributed by atoms with E-state index in [1.807, 2.05) is 12.1 Å². The first-order valence-corrected chi connectivity index (χ1v) is 9.17. The Labute approximate surface area is 152 Å². The van der Waals surface area contributed by atoms with E-state index in [0.717, 1.165) is 50.7 Å². The second-order valence-corrected chi connectivity index (χ2v) is 7.03. The molecule has 0 bridgehead atoms. The molecular weight excluding hydrogens is 334 g/mol. The maximum Gasteiger partial charge on any atom is 0.146 e. The van der Waals surface area contributed by atoms with Crippen LogP contribution in [0.25, 0.3) is 0 Å². The summed E-state index contributed by atoms with van der Waals surface area (Å²) >= 11 is 5.92. The minimum Gasteiger partial charge on any atom is -0.353 e. The smallest absolute Gasteiger partial charge is 0.146 e. The zero-order valence-electron chi connectivity index (χ0n) is 14.1. The molecule has 1 saturated heterocycles. The van der Waals surface area contributed by atoms with Gasteiger partial charge in [-0.25, -0.2) is 9.97 Å². The summed E-state index contributed by atoms with van der Waals surface area (Å²) in [6.07, 6.45) is 6.16. The summed E-state index contributed by atoms with van der Waals surface area (Å²) in [5.74, 6) is 1.80. The number of hydrogen-bond donors (Lipinski definition) is 0. The Kier molecular flexibility index (Phi) is 4.46. The van der Waals surface area contributed by atoms with Gasteiger partial charge in [0.1, 0.15) is 17.7 Å². The number of aryl methyl sites for hydroxylation is 2. The van der Waals surface area contributed by atoms with Gasteiger partial charge in [0.25, 0.3) is 0 Å². The number of fused-ring (bicyclic) bond motifs is 1. The molecule has 5 nitrogen and oxygen atoms in total. The summed E-state index contributed by atoms with van der Waals surface area (Å²) < 4.78 is 0. The van der Waals surface area contributed by atoms with Gasteiger partial charge in [0.15, 0.2) is 0 Å². The number of anilines is 2. The van der Waals surface area contributed by atoms with Crippen LogP contribution in [0.1, 0.15) is 29.7 Å². The molecule has 4 rings (SSSR count). The number of rotatable bonds is 2. The van der Waals surface area contributed by atoms with Crippen LogP contribution in [0.3, 0.4) is 0 Å². The lowest BCUT2D eigenvalue weighted by atomic mass is 9.95. The van der Waals surface area contributed by atoms with Crippen LogP contribution in [0.5, 0.6) is 0 Å². The number of halogens is 1. The first kappa shape index (κ1) is 16.2. The highest BCUT2D eigenvalue weighted by molar-refractivity contribution is 6.30. The number of hydrogen-bond acceptors (Lipinski definition) is 5. The predicted octanol–water partition coefficient (Wildman–Crippen LogP) is 3.21. The third-order valence-electron chi connectivity index (χ3n) is 5.02. The van der Waals surface area contributed by atoms with E-state index in [0.29, 0.717) is 10.6 Å². The Morgan fingerprint density at radius 2 is 1.80 bits per heavy atom. The van der Waals surface area contributed by atoms with Crippen LogP contribution in [0, 0.1) is 11.3 Å². The van der Waals surface area contributed by atoms with Gasteiger partial charge in [-0.05, 0) is 49.4 Å². The summed E-state index contributed by atoms with van der Waals surface area (Å²) in [6.45, 7) is 3.39. The van der Waals surface area contributed by atoms with E-state index in [9.17, 15) is 5.26 Å². The van der Waals surface area contributed by atoms with E-state index in [1.54, 1.807) is 6.20 Å². The third-order valence-corrected chi connectivity index (χ3v) is 5.24. The van der Waals surface area contributed by atoms with Crippen molar-refractivity contribution in [3.05, 3.63) is 46.2 Å². The van der Waals surface area contributed by atoms with E-state index in [1.165, 1.54) is 24.1 Å². The van der Waals surface area contributed by atoms with Gasteiger partial charge in [-0.3, -0.25) is 0 Å². The molecule has 0 atom stereocenters. The molecule has 1 aliphatic heterocycles. The van der Waals surface area contributed by atoms with Crippen LogP contribution >= 0.6 is 11.6 Å². The van der Waals surface area contributed by atoms with Gasteiger partial charge < -0.3 is 9.80 Å². The summed E-state index contributed by atoms with van der Waals surface area (Å²) in [7, 11) is 0. The molecule has 128 valence electrons. The van der Waals surface area contributed by atoms with Crippen LogP contribution in [0.4, 0.5) is 11.6 Å². The van der Waals surface area contributed by atoms with Crippen molar-refractivity contribution < 1.29 is 0 Å². The SMILES string of the molecule is N#Cc1cc2c(nc1N1CCN(c3ccc(Cl)cn3)CC1)CCCC2. The summed E-state index contributed by atoms with van der Waals surface area (Å²) in [4.78, 5) is 13.8. The number of pyridine rings is 2. The fourth-order valence-corrected chi connectivity index (χ4v) is 3.76. The summed E-state index contributed by atoms with van der Waals surface area (Å²) in [6, 6.07) is 8.23. The van der Waals surface area contributed by atoms with Crippen molar-refractivity contribution in [1.82, 2.24) is 9.97 Å². The third kappa shape index (κ3) is 3.27. The van der Waals surface area contributed by atoms with Gasteiger partial charge in [-0.15, -0.1) is 0 Å². The fourth-order valence-electron chi connectivity index (χ4n) is 3.65. The minimum absolute atomic E-state index is 0.652. The predicted molar refractivity (Wildman–Crippen MR) is 99.3 cm³/mol. The normalized spacial score (nSPS) is 17.1. The Hall–Kier alpha value is -2.32. The van der Waals surface area contributed by atoms with E-state index in [-0.39, 0.29) is 0 Å². The Bertz CT molecular complexity index is 804. The number of piperazine rings is 1. The molecule has 2 aliphatic rings. The highest BCUT2D eigenvalue weighted by atomic mass is 35.5. The maximum atomic E-state index is 9.56. The molecule has 0 aromatic carbocycles. The van der Waals surface area contributed by atoms with Crippen molar-refractivity contribution in [2.24, 2.45) is 0 Å². The number of nitrogens with zero attached hydrogens (tertiary/aromatic N) is 5. The Balaban J connectivity index is 1.52. The van der Waals surface area contributed by atoms with Crippen molar-refractivity contribution in [2.45, 2.75) is 25.7 Å². The molecular formula is C19H20ClN5. The first-order chi connectivity index (χ1) is 12.2. The zero-order chi connectivity index (χ0) is 17.2. The highest BCUT2D eigenvalue weighted by Gasteiger charge is 2.23. The molecule has 2 aromatic heterocycles. The van der Waals surface area contributed by atoms with Gasteiger partial charge in [-0.2, -0.15) is 5.26 Å². The zero-order valence-corrected chi connectivity index (χ0v) is 14.8. The van der Waals surface area contributed by atoms with Crippen molar-refractivity contribution in [1.29, 1.82) is 5.26 Å². The molecule has 1 fully saturated rings. The largest absolute Gasteiger partial charge is 0.353 e. The maximum absolute atomic E-state index is 9.56. The lowest BCUT2D eigenvalue weighted by molar-refractivity contribution is 0.630. The molecule has 0 saturated carbocycles. The molecule has 0 spiro atoms. The van der Waals surface area contributed by atoms with E-state index >= 15 is 0 Å². The molecule has 3 heterocycles. The van der Waals surface area contributed by atoms with Crippen LogP contribution in [-0.4, -0.2) is 36.1 Å². The second-order valence-electron chi connectivity index (χ2n) is 6.59. The Morgan fingerprint density at radius 1 is 1.04 bits per heavy atom. The summed E-state index contributed by atoms with van der Waals surface area (Å²) in [5.41, 5.74) is 3.15. The standard InChI is InChI=1S/C19H20ClN5/c20-16-5-6-18(22-13-16)24-7-9-25(10-8-24)19-15(12-21)11-14-3-1-2-4-17(14)23-19/h5-6,11,13H,1-4,7-10H2. The average molecular weight is 354 g/mol. The lowest BCUT2D eigenvalue weighted by Gasteiger charge is -2.36. The van der Waals surface area contributed by atoms with Crippen LogP contribution in [-0.2, 0) is 12.8 Å². The van der Waals surface area contributed by atoms with Gasteiger partial charge in [0.05, 0.1) is 10.6 Å². The van der Waals surface area contributed by atoms with Crippen LogP contribution < -0.4 is 9.80 Å². The van der Waals surface area contributed by atoms with Crippen LogP contribution in [0.2, 0.25) is 5.02 Å². The second kappa shape index (κ2) is 6.89. The summed E-state index contributed by atoms with van der Waals surface area (Å²) in [5, 5.41) is 10.2. The molecule has 25 heavy (non-hydrogen) atoms. The van der Waals surface area contributed by atoms with Crippen LogP contribution in [0.15, 0.2) is 24.4 Å². The first-order valence-electron chi connectivity index (χ1n) is 8.79. The molecule has 0 amide bonds. The quantitative estimate of drug-likeness (QED) is 0.829.